The standard InChI is InChI=1S/C19H23F3N4O2S/c1-10(11-4-5-11)26-15-6-13(19(20,21)22)12(7-23-15)14-8-24-17(29-14)16(27)25-9-18(2,3)28/h6-8,10-11,28H,4-5,9H2,1-3H3,(H,23,26)(H,25,27)/t10-/m0/s1. The Morgan fingerprint density at radius 2 is 2.00 bits per heavy atom. The van der Waals surface area contributed by atoms with E-state index in [0.717, 1.165) is 36.4 Å². The third-order valence-corrected chi connectivity index (χ3v) is 5.59. The Morgan fingerprint density at radius 3 is 2.59 bits per heavy atom. The highest BCUT2D eigenvalue weighted by Crippen LogP contribution is 2.40. The van der Waals surface area contributed by atoms with E-state index in [9.17, 15) is 23.1 Å². The highest BCUT2D eigenvalue weighted by Gasteiger charge is 2.36. The van der Waals surface area contributed by atoms with Crippen molar-refractivity contribution in [3.8, 4) is 10.4 Å². The minimum Gasteiger partial charge on any atom is -0.389 e. The normalized spacial score (nSPS) is 15.8. The number of alkyl halides is 3. The van der Waals surface area contributed by atoms with E-state index in [0.29, 0.717) is 5.92 Å². The number of anilines is 1. The largest absolute Gasteiger partial charge is 0.417 e. The van der Waals surface area contributed by atoms with Gasteiger partial charge >= 0.3 is 6.18 Å². The Bertz CT molecular complexity index is 888. The Hall–Kier alpha value is -2.20. The summed E-state index contributed by atoms with van der Waals surface area (Å²) in [6, 6.07) is 1.06. The number of nitrogens with zero attached hydrogens (tertiary/aromatic N) is 2. The number of carbonyl (C=O) groups excluding carboxylic acids is 1. The second kappa shape index (κ2) is 7.91. The number of aliphatic hydroxyl groups is 1. The van der Waals surface area contributed by atoms with Crippen LogP contribution >= 0.6 is 11.3 Å². The van der Waals surface area contributed by atoms with Gasteiger partial charge in [-0.05, 0) is 45.6 Å². The van der Waals surface area contributed by atoms with E-state index in [4.69, 9.17) is 0 Å². The molecule has 0 spiro atoms. The highest BCUT2D eigenvalue weighted by molar-refractivity contribution is 7.17. The maximum Gasteiger partial charge on any atom is 0.417 e. The molecule has 158 valence electrons. The quantitative estimate of drug-likeness (QED) is 0.622. The van der Waals surface area contributed by atoms with Crippen LogP contribution in [0.25, 0.3) is 10.4 Å². The van der Waals surface area contributed by atoms with Crippen LogP contribution in [0.1, 0.15) is 49.0 Å². The summed E-state index contributed by atoms with van der Waals surface area (Å²) in [5.74, 6) is 0.0897. The summed E-state index contributed by atoms with van der Waals surface area (Å²) in [4.78, 5) is 20.4. The first-order chi connectivity index (χ1) is 13.4. The summed E-state index contributed by atoms with van der Waals surface area (Å²) in [5, 5.41) is 15.2. The molecule has 0 saturated heterocycles. The van der Waals surface area contributed by atoms with Crippen molar-refractivity contribution in [3.05, 3.63) is 29.0 Å². The lowest BCUT2D eigenvalue weighted by molar-refractivity contribution is -0.137. The first-order valence-electron chi connectivity index (χ1n) is 9.24. The van der Waals surface area contributed by atoms with Crippen LogP contribution in [-0.2, 0) is 6.18 Å². The number of aromatic nitrogens is 2. The van der Waals surface area contributed by atoms with E-state index in [-0.39, 0.29) is 33.9 Å². The van der Waals surface area contributed by atoms with Crippen LogP contribution in [0.5, 0.6) is 0 Å². The maximum absolute atomic E-state index is 13.7. The summed E-state index contributed by atoms with van der Waals surface area (Å²) in [6.45, 7) is 4.99. The lowest BCUT2D eigenvalue weighted by atomic mass is 10.1. The zero-order valence-corrected chi connectivity index (χ0v) is 17.1. The highest BCUT2D eigenvalue weighted by atomic mass is 32.1. The van der Waals surface area contributed by atoms with Crippen molar-refractivity contribution in [1.29, 1.82) is 0 Å². The Kier molecular flexibility index (Phi) is 5.86. The van der Waals surface area contributed by atoms with Crippen molar-refractivity contribution >= 4 is 23.1 Å². The number of pyridine rings is 1. The SMILES string of the molecule is C[C@H](Nc1cc(C(F)(F)F)c(-c2cnc(C(=O)NCC(C)(C)O)s2)cn1)C1CC1. The zero-order valence-electron chi connectivity index (χ0n) is 16.3. The van der Waals surface area contributed by atoms with Crippen molar-refractivity contribution in [3.63, 3.8) is 0 Å². The molecule has 1 fully saturated rings. The van der Waals surface area contributed by atoms with Gasteiger partial charge in [-0.3, -0.25) is 4.79 Å². The lowest BCUT2D eigenvalue weighted by Crippen LogP contribution is -2.38. The molecule has 1 saturated carbocycles. The van der Waals surface area contributed by atoms with Gasteiger partial charge in [0.2, 0.25) is 0 Å². The number of amides is 1. The fourth-order valence-electron chi connectivity index (χ4n) is 2.79. The van der Waals surface area contributed by atoms with Crippen LogP contribution in [0.15, 0.2) is 18.5 Å². The van der Waals surface area contributed by atoms with Crippen molar-refractivity contribution < 1.29 is 23.1 Å². The number of hydrogen-bond donors (Lipinski definition) is 3. The molecule has 0 aromatic carbocycles. The molecule has 0 radical (unpaired) electrons. The van der Waals surface area contributed by atoms with Gasteiger partial charge in [0.1, 0.15) is 5.82 Å². The van der Waals surface area contributed by atoms with Gasteiger partial charge in [-0.25, -0.2) is 9.97 Å². The lowest BCUT2D eigenvalue weighted by Gasteiger charge is -2.17. The molecular formula is C19H23F3N4O2S. The average Bonchev–Trinajstić information content (AvgIpc) is 3.36. The molecule has 1 aliphatic carbocycles. The smallest absolute Gasteiger partial charge is 0.389 e. The molecule has 6 nitrogen and oxygen atoms in total. The summed E-state index contributed by atoms with van der Waals surface area (Å²) >= 11 is 0.844. The van der Waals surface area contributed by atoms with E-state index in [1.54, 1.807) is 0 Å². The first kappa shape index (κ1) is 21.5. The van der Waals surface area contributed by atoms with Gasteiger partial charge < -0.3 is 15.7 Å². The molecule has 1 atom stereocenters. The molecule has 0 aliphatic heterocycles. The van der Waals surface area contributed by atoms with Gasteiger partial charge in [-0.15, -0.1) is 11.3 Å². The molecule has 2 heterocycles. The minimum absolute atomic E-state index is 0.00432. The summed E-state index contributed by atoms with van der Waals surface area (Å²) in [5.41, 5.74) is -2.06. The van der Waals surface area contributed by atoms with Crippen LogP contribution in [0.2, 0.25) is 0 Å². The third kappa shape index (κ3) is 5.66. The molecule has 2 aromatic heterocycles. The maximum atomic E-state index is 13.7. The predicted molar refractivity (Wildman–Crippen MR) is 105 cm³/mol. The summed E-state index contributed by atoms with van der Waals surface area (Å²) in [6.07, 6.45) is -0.0490. The monoisotopic (exact) mass is 428 g/mol. The molecule has 1 amide bonds. The van der Waals surface area contributed by atoms with Crippen LogP contribution in [0.4, 0.5) is 19.0 Å². The number of nitrogens with one attached hydrogen (secondary N) is 2. The molecule has 1 aliphatic rings. The fraction of sp³-hybridized carbons (Fsp3) is 0.526. The number of hydrogen-bond acceptors (Lipinski definition) is 6. The molecule has 2 aromatic rings. The van der Waals surface area contributed by atoms with E-state index in [2.05, 4.69) is 20.6 Å². The van der Waals surface area contributed by atoms with Crippen molar-refractivity contribution in [1.82, 2.24) is 15.3 Å². The third-order valence-electron chi connectivity index (χ3n) is 4.56. The van der Waals surface area contributed by atoms with Gasteiger partial charge in [0, 0.05) is 30.5 Å². The summed E-state index contributed by atoms with van der Waals surface area (Å²) in [7, 11) is 0. The van der Waals surface area contributed by atoms with Crippen LogP contribution in [0, 0.1) is 5.92 Å². The molecule has 0 bridgehead atoms. The minimum atomic E-state index is -4.58. The number of carbonyl (C=O) groups is 1. The molecule has 10 heteroatoms. The summed E-state index contributed by atoms with van der Waals surface area (Å²) < 4.78 is 41.0. The Morgan fingerprint density at radius 1 is 1.31 bits per heavy atom. The second-order valence-corrected chi connectivity index (χ2v) is 8.94. The molecule has 3 rings (SSSR count). The van der Waals surface area contributed by atoms with Gasteiger partial charge in [0.05, 0.1) is 16.0 Å². The Balaban J connectivity index is 1.84. The predicted octanol–water partition coefficient (Wildman–Crippen LogP) is 3.94. The molecule has 0 unspecified atom stereocenters. The molecular weight excluding hydrogens is 405 g/mol. The van der Waals surface area contributed by atoms with E-state index in [1.807, 2.05) is 6.92 Å². The molecule has 29 heavy (non-hydrogen) atoms. The number of thiazole rings is 1. The van der Waals surface area contributed by atoms with Gasteiger partial charge in [0.25, 0.3) is 5.91 Å². The molecule has 3 N–H and O–H groups in total. The van der Waals surface area contributed by atoms with Gasteiger partial charge in [-0.2, -0.15) is 13.2 Å². The van der Waals surface area contributed by atoms with Crippen LogP contribution < -0.4 is 10.6 Å². The number of halogens is 3. The van der Waals surface area contributed by atoms with E-state index in [1.165, 1.54) is 20.0 Å². The van der Waals surface area contributed by atoms with Crippen LogP contribution in [0.3, 0.4) is 0 Å². The van der Waals surface area contributed by atoms with Crippen molar-refractivity contribution in [2.75, 3.05) is 11.9 Å². The van der Waals surface area contributed by atoms with Crippen LogP contribution in [-0.4, -0.2) is 39.2 Å². The van der Waals surface area contributed by atoms with Crippen molar-refractivity contribution in [2.24, 2.45) is 5.92 Å². The topological polar surface area (TPSA) is 87.1 Å². The van der Waals surface area contributed by atoms with E-state index >= 15 is 0 Å². The van der Waals surface area contributed by atoms with Gasteiger partial charge in [-0.1, -0.05) is 0 Å². The second-order valence-electron chi connectivity index (χ2n) is 7.91. The first-order valence-corrected chi connectivity index (χ1v) is 10.1. The van der Waals surface area contributed by atoms with E-state index < -0.39 is 23.2 Å². The van der Waals surface area contributed by atoms with Crippen molar-refractivity contribution in [2.45, 2.75) is 51.4 Å². The number of rotatable bonds is 7. The van der Waals surface area contributed by atoms with Gasteiger partial charge in [0.15, 0.2) is 5.01 Å². The zero-order chi connectivity index (χ0) is 21.4. The fourth-order valence-corrected chi connectivity index (χ4v) is 3.64. The Labute approximate surface area is 170 Å². The average molecular weight is 428 g/mol.